The Morgan fingerprint density at radius 3 is 2.51 bits per heavy atom. The van der Waals surface area contributed by atoms with Gasteiger partial charge in [-0.15, -0.1) is 0 Å². The van der Waals surface area contributed by atoms with Crippen LogP contribution >= 0.6 is 0 Å². The van der Waals surface area contributed by atoms with Crippen molar-refractivity contribution in [2.75, 3.05) is 10.6 Å². The third-order valence-corrected chi connectivity index (χ3v) is 5.85. The van der Waals surface area contributed by atoms with Crippen molar-refractivity contribution in [3.8, 4) is 28.5 Å². The maximum atomic E-state index is 12.6. The summed E-state index contributed by atoms with van der Waals surface area (Å²) in [5, 5.41) is 10.1. The Labute approximate surface area is 211 Å². The van der Waals surface area contributed by atoms with Crippen LogP contribution in [0.3, 0.4) is 0 Å². The Bertz CT molecular complexity index is 1710. The SMILES string of the molecule is Cc1cn(-c2nccc3[nH]c(-c4ccc(NC(=O)Nc5cc(-c6ccncc6)nn5C)cc4)nc23)cn1. The number of pyridine rings is 2. The minimum atomic E-state index is -0.368. The van der Waals surface area contributed by atoms with E-state index in [2.05, 4.69) is 35.7 Å². The average molecular weight is 491 g/mol. The molecule has 0 saturated carbocycles. The molecule has 3 N–H and O–H groups in total. The number of aromatic amines is 1. The molecule has 6 rings (SSSR count). The van der Waals surface area contributed by atoms with E-state index in [0.717, 1.165) is 33.5 Å². The first kappa shape index (κ1) is 22.2. The summed E-state index contributed by atoms with van der Waals surface area (Å²) in [6, 6.07) is 14.5. The highest BCUT2D eigenvalue weighted by Gasteiger charge is 2.13. The van der Waals surface area contributed by atoms with E-state index in [4.69, 9.17) is 4.98 Å². The van der Waals surface area contributed by atoms with E-state index in [1.807, 2.05) is 66.2 Å². The van der Waals surface area contributed by atoms with Crippen molar-refractivity contribution in [3.63, 3.8) is 0 Å². The van der Waals surface area contributed by atoms with E-state index in [1.54, 1.807) is 36.6 Å². The number of urea groups is 1. The van der Waals surface area contributed by atoms with E-state index in [1.165, 1.54) is 0 Å². The summed E-state index contributed by atoms with van der Waals surface area (Å²) in [7, 11) is 1.78. The molecular formula is C26H22N10O. The molecule has 11 nitrogen and oxygen atoms in total. The molecule has 0 spiro atoms. The molecule has 2 amide bonds. The lowest BCUT2D eigenvalue weighted by Crippen LogP contribution is -2.20. The second-order valence-corrected chi connectivity index (χ2v) is 8.47. The molecule has 0 radical (unpaired) electrons. The van der Waals surface area contributed by atoms with Crippen molar-refractivity contribution in [1.29, 1.82) is 0 Å². The number of aryl methyl sites for hydroxylation is 2. The van der Waals surface area contributed by atoms with Gasteiger partial charge in [-0.25, -0.2) is 19.7 Å². The predicted octanol–water partition coefficient (Wildman–Crippen LogP) is 4.56. The summed E-state index contributed by atoms with van der Waals surface area (Å²) >= 11 is 0. The van der Waals surface area contributed by atoms with Crippen LogP contribution in [-0.2, 0) is 7.05 Å². The van der Waals surface area contributed by atoms with Gasteiger partial charge in [-0.05, 0) is 49.4 Å². The highest BCUT2D eigenvalue weighted by Crippen LogP contribution is 2.25. The number of hydrogen-bond acceptors (Lipinski definition) is 6. The fourth-order valence-electron chi connectivity index (χ4n) is 4.02. The molecule has 1 aromatic carbocycles. The van der Waals surface area contributed by atoms with E-state index < -0.39 is 0 Å². The van der Waals surface area contributed by atoms with E-state index in [0.29, 0.717) is 23.1 Å². The number of aromatic nitrogens is 8. The first-order valence-corrected chi connectivity index (χ1v) is 11.5. The monoisotopic (exact) mass is 490 g/mol. The maximum absolute atomic E-state index is 12.6. The number of nitrogens with zero attached hydrogens (tertiary/aromatic N) is 7. The van der Waals surface area contributed by atoms with Crippen LogP contribution in [0.15, 0.2) is 79.6 Å². The highest BCUT2D eigenvalue weighted by molar-refractivity contribution is 5.99. The number of rotatable bonds is 5. The quantitative estimate of drug-likeness (QED) is 0.325. The number of carbonyl (C=O) groups excluding carboxylic acids is 1. The number of amides is 2. The molecule has 0 aliphatic heterocycles. The number of nitrogens with one attached hydrogen (secondary N) is 3. The van der Waals surface area contributed by atoms with Gasteiger partial charge >= 0.3 is 6.03 Å². The van der Waals surface area contributed by atoms with Gasteiger partial charge in [0.25, 0.3) is 0 Å². The molecular weight excluding hydrogens is 468 g/mol. The largest absolute Gasteiger partial charge is 0.338 e. The van der Waals surface area contributed by atoms with Gasteiger partial charge in [0.05, 0.1) is 16.9 Å². The van der Waals surface area contributed by atoms with Crippen molar-refractivity contribution >= 4 is 28.6 Å². The van der Waals surface area contributed by atoms with Crippen LogP contribution in [0, 0.1) is 6.92 Å². The fourth-order valence-corrected chi connectivity index (χ4v) is 4.02. The van der Waals surface area contributed by atoms with Gasteiger partial charge in [0.15, 0.2) is 5.82 Å². The van der Waals surface area contributed by atoms with E-state index in [-0.39, 0.29) is 6.03 Å². The Kier molecular flexibility index (Phi) is 5.41. The van der Waals surface area contributed by atoms with Crippen LogP contribution in [0.25, 0.3) is 39.5 Å². The molecule has 0 aliphatic carbocycles. The van der Waals surface area contributed by atoms with Crippen molar-refractivity contribution in [3.05, 3.63) is 85.3 Å². The Morgan fingerprint density at radius 2 is 1.76 bits per heavy atom. The zero-order valence-electron chi connectivity index (χ0n) is 20.0. The van der Waals surface area contributed by atoms with Gasteiger partial charge in [0.2, 0.25) is 0 Å². The zero-order valence-corrected chi connectivity index (χ0v) is 20.0. The topological polar surface area (TPSA) is 131 Å². The minimum absolute atomic E-state index is 0.368. The van der Waals surface area contributed by atoms with Crippen molar-refractivity contribution < 1.29 is 4.79 Å². The van der Waals surface area contributed by atoms with Gasteiger partial charge in [-0.2, -0.15) is 5.10 Å². The van der Waals surface area contributed by atoms with Crippen molar-refractivity contribution in [2.45, 2.75) is 6.92 Å². The number of H-pyrrole nitrogens is 1. The first-order chi connectivity index (χ1) is 18.0. The lowest BCUT2D eigenvalue weighted by Gasteiger charge is -2.08. The Balaban J connectivity index is 1.17. The number of carbonyl (C=O) groups is 1. The van der Waals surface area contributed by atoms with Gasteiger partial charge in [0.1, 0.15) is 23.5 Å². The molecule has 5 heterocycles. The van der Waals surface area contributed by atoms with E-state index in [9.17, 15) is 4.79 Å². The average Bonchev–Trinajstić information content (AvgIpc) is 3.63. The summed E-state index contributed by atoms with van der Waals surface area (Å²) in [6.07, 6.45) is 8.78. The van der Waals surface area contributed by atoms with Gasteiger partial charge < -0.3 is 10.3 Å². The Morgan fingerprint density at radius 1 is 0.946 bits per heavy atom. The zero-order chi connectivity index (χ0) is 25.4. The van der Waals surface area contributed by atoms with Crippen LogP contribution in [0.5, 0.6) is 0 Å². The normalized spacial score (nSPS) is 11.1. The summed E-state index contributed by atoms with van der Waals surface area (Å²) in [4.78, 5) is 33.5. The standard InChI is InChI=1S/C26H22N10O/c1-16-14-36(15-29-16)25-23-20(9-12-28-25)31-24(33-23)18-3-5-19(6-4-18)30-26(37)32-22-13-21(34-35(22)2)17-7-10-27-11-8-17/h3-15H,1-2H3,(H,31,33)(H2,30,32,37). The second kappa shape index (κ2) is 9.04. The van der Waals surface area contributed by atoms with Gasteiger partial charge in [0, 0.05) is 54.7 Å². The molecule has 182 valence electrons. The molecule has 0 saturated heterocycles. The number of imidazole rings is 2. The Hall–Kier alpha value is -5.32. The number of fused-ring (bicyclic) bond motifs is 1. The summed E-state index contributed by atoms with van der Waals surface area (Å²) in [6.45, 7) is 1.93. The smallest absolute Gasteiger partial charge is 0.324 e. The summed E-state index contributed by atoms with van der Waals surface area (Å²) in [5.74, 6) is 1.98. The third-order valence-electron chi connectivity index (χ3n) is 5.85. The molecule has 0 bridgehead atoms. The third kappa shape index (κ3) is 4.41. The molecule has 0 aliphatic rings. The lowest BCUT2D eigenvalue weighted by atomic mass is 10.2. The summed E-state index contributed by atoms with van der Waals surface area (Å²) < 4.78 is 3.48. The van der Waals surface area contributed by atoms with Crippen LogP contribution < -0.4 is 10.6 Å². The summed E-state index contributed by atoms with van der Waals surface area (Å²) in [5.41, 5.74) is 5.71. The highest BCUT2D eigenvalue weighted by atomic mass is 16.2. The first-order valence-electron chi connectivity index (χ1n) is 11.5. The molecule has 6 aromatic rings. The number of benzene rings is 1. The second-order valence-electron chi connectivity index (χ2n) is 8.47. The van der Waals surface area contributed by atoms with Crippen LogP contribution in [0.1, 0.15) is 5.69 Å². The number of anilines is 2. The van der Waals surface area contributed by atoms with Crippen molar-refractivity contribution in [1.82, 2.24) is 39.3 Å². The predicted molar refractivity (Wildman–Crippen MR) is 140 cm³/mol. The molecule has 37 heavy (non-hydrogen) atoms. The fraction of sp³-hybridized carbons (Fsp3) is 0.0769. The molecule has 0 atom stereocenters. The lowest BCUT2D eigenvalue weighted by molar-refractivity contribution is 0.262. The van der Waals surface area contributed by atoms with Gasteiger partial charge in [-0.3, -0.25) is 19.5 Å². The molecule has 0 unspecified atom stereocenters. The molecule has 5 aromatic heterocycles. The van der Waals surface area contributed by atoms with E-state index >= 15 is 0 Å². The molecule has 11 heteroatoms. The maximum Gasteiger partial charge on any atom is 0.324 e. The van der Waals surface area contributed by atoms with Crippen LogP contribution in [0.2, 0.25) is 0 Å². The minimum Gasteiger partial charge on any atom is -0.338 e. The van der Waals surface area contributed by atoms with Crippen molar-refractivity contribution in [2.24, 2.45) is 7.05 Å². The molecule has 0 fully saturated rings. The van der Waals surface area contributed by atoms with Gasteiger partial charge in [-0.1, -0.05) is 0 Å². The number of hydrogen-bond donors (Lipinski definition) is 3. The van der Waals surface area contributed by atoms with Crippen LogP contribution in [0.4, 0.5) is 16.3 Å². The van der Waals surface area contributed by atoms with Crippen LogP contribution in [-0.4, -0.2) is 45.3 Å².